The summed E-state index contributed by atoms with van der Waals surface area (Å²) in [6.07, 6.45) is 3.45. The number of ether oxygens (including phenoxy) is 1. The molecule has 1 fully saturated rings. The Labute approximate surface area is 105 Å². The summed E-state index contributed by atoms with van der Waals surface area (Å²) in [5.74, 6) is 0.301. The van der Waals surface area contributed by atoms with Crippen LogP contribution in [0.4, 0.5) is 0 Å². The smallest absolute Gasteiger partial charge is 0.244 e. The fourth-order valence-corrected chi connectivity index (χ4v) is 1.92. The summed E-state index contributed by atoms with van der Waals surface area (Å²) >= 11 is 0. The van der Waals surface area contributed by atoms with Crippen LogP contribution in [-0.4, -0.2) is 52.4 Å². The first-order chi connectivity index (χ1) is 8.70. The second-order valence-corrected chi connectivity index (χ2v) is 4.36. The maximum absolute atomic E-state index is 8.71. The summed E-state index contributed by atoms with van der Waals surface area (Å²) in [5, 5.41) is 19.3. The lowest BCUT2D eigenvalue weighted by atomic mass is 10.1. The standard InChI is InChI=1S/C11H17N5O2/c1-16-6-3-8(4-7-16)18-11-9(10(12)15-17)2-5-13-14-11/h2,5,8,17H,3-4,6-7H2,1H3,(H2,12,15). The summed E-state index contributed by atoms with van der Waals surface area (Å²) in [6.45, 7) is 1.98. The number of oxime groups is 1. The lowest BCUT2D eigenvalue weighted by Crippen LogP contribution is -2.36. The van der Waals surface area contributed by atoms with Gasteiger partial charge >= 0.3 is 0 Å². The van der Waals surface area contributed by atoms with Gasteiger partial charge in [-0.1, -0.05) is 5.16 Å². The van der Waals surface area contributed by atoms with Gasteiger partial charge in [0.1, 0.15) is 6.10 Å². The molecule has 7 nitrogen and oxygen atoms in total. The van der Waals surface area contributed by atoms with Gasteiger partial charge in [-0.25, -0.2) is 0 Å². The zero-order valence-electron chi connectivity index (χ0n) is 10.3. The van der Waals surface area contributed by atoms with E-state index in [-0.39, 0.29) is 11.9 Å². The van der Waals surface area contributed by atoms with E-state index in [1.807, 2.05) is 0 Å². The molecular weight excluding hydrogens is 234 g/mol. The molecule has 0 saturated carbocycles. The van der Waals surface area contributed by atoms with E-state index in [0.29, 0.717) is 11.4 Å². The van der Waals surface area contributed by atoms with E-state index >= 15 is 0 Å². The van der Waals surface area contributed by atoms with Gasteiger partial charge in [0, 0.05) is 13.1 Å². The van der Waals surface area contributed by atoms with Crippen LogP contribution in [0.2, 0.25) is 0 Å². The highest BCUT2D eigenvalue weighted by Gasteiger charge is 2.20. The van der Waals surface area contributed by atoms with Crippen molar-refractivity contribution in [2.75, 3.05) is 20.1 Å². The van der Waals surface area contributed by atoms with Gasteiger partial charge in [0.05, 0.1) is 11.8 Å². The molecule has 2 rings (SSSR count). The van der Waals surface area contributed by atoms with Crippen LogP contribution in [0.5, 0.6) is 5.88 Å². The number of amidine groups is 1. The Bertz CT molecular complexity index is 429. The molecule has 0 radical (unpaired) electrons. The van der Waals surface area contributed by atoms with Crippen molar-refractivity contribution in [3.63, 3.8) is 0 Å². The molecule has 2 heterocycles. The van der Waals surface area contributed by atoms with Gasteiger partial charge in [-0.3, -0.25) is 0 Å². The van der Waals surface area contributed by atoms with E-state index in [0.717, 1.165) is 25.9 Å². The highest BCUT2D eigenvalue weighted by Crippen LogP contribution is 2.19. The second-order valence-electron chi connectivity index (χ2n) is 4.36. The number of aromatic nitrogens is 2. The molecule has 0 bridgehead atoms. The number of rotatable bonds is 3. The normalized spacial score (nSPS) is 18.8. The van der Waals surface area contributed by atoms with Crippen molar-refractivity contribution in [2.45, 2.75) is 18.9 Å². The Morgan fingerprint density at radius 3 is 2.94 bits per heavy atom. The largest absolute Gasteiger partial charge is 0.473 e. The molecule has 0 aromatic carbocycles. The summed E-state index contributed by atoms with van der Waals surface area (Å²) in [5.41, 5.74) is 6.03. The van der Waals surface area contributed by atoms with Crippen LogP contribution in [0.3, 0.4) is 0 Å². The van der Waals surface area contributed by atoms with E-state index in [1.165, 1.54) is 6.20 Å². The molecular formula is C11H17N5O2. The molecule has 1 aliphatic heterocycles. The van der Waals surface area contributed by atoms with E-state index in [9.17, 15) is 0 Å². The molecule has 1 aromatic heterocycles. The Morgan fingerprint density at radius 1 is 1.56 bits per heavy atom. The predicted molar refractivity (Wildman–Crippen MR) is 65.7 cm³/mol. The van der Waals surface area contributed by atoms with Crippen LogP contribution in [-0.2, 0) is 0 Å². The van der Waals surface area contributed by atoms with Crippen LogP contribution >= 0.6 is 0 Å². The first-order valence-corrected chi connectivity index (χ1v) is 5.85. The zero-order valence-corrected chi connectivity index (χ0v) is 10.3. The van der Waals surface area contributed by atoms with Crippen LogP contribution in [0.1, 0.15) is 18.4 Å². The number of hydrogen-bond acceptors (Lipinski definition) is 6. The molecule has 0 amide bonds. The number of likely N-dealkylation sites (tertiary alicyclic amines) is 1. The molecule has 1 saturated heterocycles. The van der Waals surface area contributed by atoms with Crippen molar-refractivity contribution in [3.8, 4) is 5.88 Å². The minimum absolute atomic E-state index is 0.0205. The summed E-state index contributed by atoms with van der Waals surface area (Å²) < 4.78 is 5.79. The van der Waals surface area contributed by atoms with Crippen molar-refractivity contribution in [1.82, 2.24) is 15.1 Å². The number of piperidine rings is 1. The molecule has 0 spiro atoms. The quantitative estimate of drug-likeness (QED) is 0.341. The molecule has 18 heavy (non-hydrogen) atoms. The first kappa shape index (κ1) is 12.6. The van der Waals surface area contributed by atoms with Gasteiger partial charge in [-0.15, -0.1) is 5.10 Å². The summed E-state index contributed by atoms with van der Waals surface area (Å²) in [7, 11) is 2.08. The second kappa shape index (κ2) is 5.63. The fraction of sp³-hybridized carbons (Fsp3) is 0.545. The van der Waals surface area contributed by atoms with Gasteiger partial charge in [-0.05, 0) is 26.0 Å². The van der Waals surface area contributed by atoms with Gasteiger partial charge in [-0.2, -0.15) is 5.10 Å². The van der Waals surface area contributed by atoms with Gasteiger partial charge in [0.2, 0.25) is 5.88 Å². The van der Waals surface area contributed by atoms with Crippen molar-refractivity contribution in [3.05, 3.63) is 17.8 Å². The lowest BCUT2D eigenvalue weighted by Gasteiger charge is -2.29. The van der Waals surface area contributed by atoms with Gasteiger partial charge in [0.25, 0.3) is 0 Å². The molecule has 0 aliphatic carbocycles. The average molecular weight is 251 g/mol. The molecule has 1 aliphatic rings. The topological polar surface area (TPSA) is 96.9 Å². The molecule has 7 heteroatoms. The van der Waals surface area contributed by atoms with Crippen molar-refractivity contribution in [1.29, 1.82) is 0 Å². The van der Waals surface area contributed by atoms with Gasteiger partial charge in [0.15, 0.2) is 5.84 Å². The molecule has 0 atom stereocenters. The minimum atomic E-state index is -0.0205. The van der Waals surface area contributed by atoms with E-state index in [2.05, 4.69) is 27.3 Å². The maximum Gasteiger partial charge on any atom is 0.244 e. The Hall–Kier alpha value is -1.89. The van der Waals surface area contributed by atoms with Crippen LogP contribution in [0.25, 0.3) is 0 Å². The van der Waals surface area contributed by atoms with E-state index in [1.54, 1.807) is 6.07 Å². The summed E-state index contributed by atoms with van der Waals surface area (Å²) in [6, 6.07) is 1.62. The van der Waals surface area contributed by atoms with E-state index < -0.39 is 0 Å². The lowest BCUT2D eigenvalue weighted by molar-refractivity contribution is 0.108. The average Bonchev–Trinajstić information content (AvgIpc) is 2.41. The zero-order chi connectivity index (χ0) is 13.0. The third-order valence-electron chi connectivity index (χ3n) is 3.01. The first-order valence-electron chi connectivity index (χ1n) is 5.85. The fourth-order valence-electron chi connectivity index (χ4n) is 1.92. The highest BCUT2D eigenvalue weighted by atomic mass is 16.5. The number of nitrogens with two attached hydrogens (primary N) is 1. The van der Waals surface area contributed by atoms with Gasteiger partial charge < -0.3 is 20.6 Å². The Kier molecular flexibility index (Phi) is 3.93. The van der Waals surface area contributed by atoms with Crippen LogP contribution in [0.15, 0.2) is 17.4 Å². The molecule has 1 aromatic rings. The Balaban J connectivity index is 2.09. The number of nitrogens with zero attached hydrogens (tertiary/aromatic N) is 4. The number of hydrogen-bond donors (Lipinski definition) is 2. The monoisotopic (exact) mass is 251 g/mol. The highest BCUT2D eigenvalue weighted by molar-refractivity contribution is 5.98. The van der Waals surface area contributed by atoms with E-state index in [4.69, 9.17) is 15.7 Å². The van der Waals surface area contributed by atoms with Crippen molar-refractivity contribution in [2.24, 2.45) is 10.9 Å². The predicted octanol–water partition coefficient (Wildman–Crippen LogP) is 0.0441. The Morgan fingerprint density at radius 2 is 2.28 bits per heavy atom. The minimum Gasteiger partial charge on any atom is -0.473 e. The third-order valence-corrected chi connectivity index (χ3v) is 3.01. The maximum atomic E-state index is 8.71. The molecule has 98 valence electrons. The molecule has 3 N–H and O–H groups in total. The molecule has 0 unspecified atom stereocenters. The third kappa shape index (κ3) is 2.86. The summed E-state index contributed by atoms with van der Waals surface area (Å²) in [4.78, 5) is 2.25. The SMILES string of the molecule is CN1CCC(Oc2nnccc2/C(N)=N/O)CC1. The van der Waals surface area contributed by atoms with Crippen molar-refractivity contribution >= 4 is 5.84 Å². The van der Waals surface area contributed by atoms with Crippen LogP contribution < -0.4 is 10.5 Å². The van der Waals surface area contributed by atoms with Crippen molar-refractivity contribution < 1.29 is 9.94 Å². The van der Waals surface area contributed by atoms with Crippen LogP contribution in [0, 0.1) is 0 Å².